The molecular weight excluding hydrogens is 440 g/mol. The Morgan fingerprint density at radius 3 is 2.39 bits per heavy atom. The van der Waals surface area contributed by atoms with Crippen LogP contribution in [0.1, 0.15) is 17.4 Å². The molecule has 1 aliphatic heterocycles. The summed E-state index contributed by atoms with van der Waals surface area (Å²) in [4.78, 5) is 28.9. The van der Waals surface area contributed by atoms with E-state index >= 15 is 0 Å². The number of anilines is 1. The van der Waals surface area contributed by atoms with Gasteiger partial charge in [-0.2, -0.15) is 0 Å². The summed E-state index contributed by atoms with van der Waals surface area (Å²) >= 11 is 1.41. The summed E-state index contributed by atoms with van der Waals surface area (Å²) in [7, 11) is 3.10. The van der Waals surface area contributed by atoms with Crippen LogP contribution in [0.15, 0.2) is 65.7 Å². The summed E-state index contributed by atoms with van der Waals surface area (Å²) < 4.78 is 16.3. The Morgan fingerprint density at radius 1 is 0.909 bits per heavy atom. The third-order valence-electron chi connectivity index (χ3n) is 5.17. The standard InChI is InChI=1S/C25H24N2O5S/c1-4-32-18-9-6-5-8-17(18)26-23-22(21-10-7-13-33-21)24(28)27(25(23)29)15-16-11-12-19(30-2)20(14-16)31-3/h5-14,26H,4,15H2,1-3H3. The SMILES string of the molecule is CCOc1ccccc1NC1=C(c2cccs2)C(=O)N(Cc2ccc(OC)c(OC)c2)C1=O. The molecule has 1 N–H and O–H groups in total. The van der Waals surface area contributed by atoms with Gasteiger partial charge in [-0.05, 0) is 48.2 Å². The van der Waals surface area contributed by atoms with Crippen LogP contribution < -0.4 is 19.5 Å². The number of nitrogens with zero attached hydrogens (tertiary/aromatic N) is 1. The van der Waals surface area contributed by atoms with Crippen LogP contribution >= 0.6 is 11.3 Å². The zero-order valence-corrected chi connectivity index (χ0v) is 19.4. The van der Waals surface area contributed by atoms with Crippen molar-refractivity contribution in [3.05, 3.63) is 76.1 Å². The average Bonchev–Trinajstić information content (AvgIpc) is 3.43. The van der Waals surface area contributed by atoms with Crippen LogP contribution in [-0.4, -0.2) is 37.5 Å². The molecule has 4 rings (SSSR count). The van der Waals surface area contributed by atoms with Gasteiger partial charge in [-0.25, -0.2) is 0 Å². The number of para-hydroxylation sites is 2. The fraction of sp³-hybridized carbons (Fsp3) is 0.200. The van der Waals surface area contributed by atoms with Gasteiger partial charge in [-0.1, -0.05) is 24.3 Å². The van der Waals surface area contributed by atoms with E-state index in [2.05, 4.69) is 5.32 Å². The largest absolute Gasteiger partial charge is 0.493 e. The minimum absolute atomic E-state index is 0.102. The molecule has 3 aromatic rings. The van der Waals surface area contributed by atoms with Crippen molar-refractivity contribution in [2.45, 2.75) is 13.5 Å². The molecule has 0 aliphatic carbocycles. The number of amides is 2. The molecule has 8 heteroatoms. The van der Waals surface area contributed by atoms with Crippen LogP contribution in [-0.2, 0) is 16.1 Å². The lowest BCUT2D eigenvalue weighted by Gasteiger charge is -2.17. The van der Waals surface area contributed by atoms with Crippen LogP contribution in [0.2, 0.25) is 0 Å². The molecule has 0 radical (unpaired) electrons. The summed E-state index contributed by atoms with van der Waals surface area (Å²) in [5.74, 6) is 0.965. The van der Waals surface area contributed by atoms with Crippen molar-refractivity contribution in [3.8, 4) is 17.2 Å². The topological polar surface area (TPSA) is 77.1 Å². The lowest BCUT2D eigenvalue weighted by Crippen LogP contribution is -2.32. The van der Waals surface area contributed by atoms with Gasteiger partial charge in [0, 0.05) is 4.88 Å². The monoisotopic (exact) mass is 464 g/mol. The van der Waals surface area contributed by atoms with Crippen LogP contribution in [0.5, 0.6) is 17.2 Å². The highest BCUT2D eigenvalue weighted by Gasteiger charge is 2.40. The van der Waals surface area contributed by atoms with E-state index in [4.69, 9.17) is 14.2 Å². The van der Waals surface area contributed by atoms with Gasteiger partial charge in [0.05, 0.1) is 38.6 Å². The summed E-state index contributed by atoms with van der Waals surface area (Å²) in [6.45, 7) is 2.47. The minimum atomic E-state index is -0.399. The Labute approximate surface area is 196 Å². The van der Waals surface area contributed by atoms with Gasteiger partial charge in [-0.15, -0.1) is 11.3 Å². The molecule has 2 amide bonds. The molecule has 0 unspecified atom stereocenters. The third-order valence-corrected chi connectivity index (χ3v) is 6.06. The molecule has 0 spiro atoms. The fourth-order valence-corrected chi connectivity index (χ4v) is 4.40. The maximum atomic E-state index is 13.5. The average molecular weight is 465 g/mol. The number of ether oxygens (including phenoxy) is 3. The van der Waals surface area contributed by atoms with Gasteiger partial charge in [0.15, 0.2) is 11.5 Å². The predicted molar refractivity (Wildman–Crippen MR) is 128 cm³/mol. The number of hydrogen-bond acceptors (Lipinski definition) is 7. The zero-order chi connectivity index (χ0) is 23.4. The molecule has 0 saturated heterocycles. The highest BCUT2D eigenvalue weighted by Crippen LogP contribution is 2.36. The zero-order valence-electron chi connectivity index (χ0n) is 18.6. The smallest absolute Gasteiger partial charge is 0.278 e. The van der Waals surface area contributed by atoms with Crippen molar-refractivity contribution in [2.24, 2.45) is 0 Å². The van der Waals surface area contributed by atoms with E-state index in [1.807, 2.05) is 54.8 Å². The molecular formula is C25H24N2O5S. The maximum absolute atomic E-state index is 13.5. The Morgan fingerprint density at radius 2 is 1.70 bits per heavy atom. The Bertz CT molecular complexity index is 1200. The van der Waals surface area contributed by atoms with Crippen molar-refractivity contribution in [3.63, 3.8) is 0 Å². The van der Waals surface area contributed by atoms with Crippen molar-refractivity contribution < 1.29 is 23.8 Å². The number of carbonyl (C=O) groups excluding carboxylic acids is 2. The van der Waals surface area contributed by atoms with Crippen molar-refractivity contribution in [1.82, 2.24) is 4.90 Å². The van der Waals surface area contributed by atoms with Crippen LogP contribution in [0.25, 0.3) is 5.57 Å². The van der Waals surface area contributed by atoms with Gasteiger partial charge in [0.1, 0.15) is 11.4 Å². The molecule has 1 aromatic heterocycles. The molecule has 0 bridgehead atoms. The van der Waals surface area contributed by atoms with E-state index in [-0.39, 0.29) is 18.1 Å². The highest BCUT2D eigenvalue weighted by atomic mass is 32.1. The van der Waals surface area contributed by atoms with Gasteiger partial charge < -0.3 is 19.5 Å². The van der Waals surface area contributed by atoms with Crippen LogP contribution in [0.4, 0.5) is 5.69 Å². The molecule has 0 atom stereocenters. The molecule has 2 aromatic carbocycles. The van der Waals surface area contributed by atoms with E-state index in [0.29, 0.717) is 35.1 Å². The first-order valence-electron chi connectivity index (χ1n) is 10.4. The first-order chi connectivity index (χ1) is 16.1. The summed E-state index contributed by atoms with van der Waals surface area (Å²) in [5.41, 5.74) is 1.95. The molecule has 2 heterocycles. The number of thiophene rings is 1. The van der Waals surface area contributed by atoms with E-state index in [0.717, 1.165) is 10.4 Å². The first-order valence-corrected chi connectivity index (χ1v) is 11.3. The normalized spacial score (nSPS) is 13.5. The third kappa shape index (κ3) is 4.42. The molecule has 0 fully saturated rings. The molecule has 170 valence electrons. The first kappa shape index (κ1) is 22.4. The molecule has 0 saturated carbocycles. The van der Waals surface area contributed by atoms with Gasteiger partial charge >= 0.3 is 0 Å². The van der Waals surface area contributed by atoms with Crippen molar-refractivity contribution >= 4 is 34.4 Å². The van der Waals surface area contributed by atoms with E-state index < -0.39 is 5.91 Å². The van der Waals surface area contributed by atoms with Crippen LogP contribution in [0, 0.1) is 0 Å². The van der Waals surface area contributed by atoms with Crippen molar-refractivity contribution in [2.75, 3.05) is 26.1 Å². The second-order valence-electron chi connectivity index (χ2n) is 7.17. The number of benzene rings is 2. The number of methoxy groups -OCH3 is 2. The van der Waals surface area contributed by atoms with E-state index in [1.54, 1.807) is 26.4 Å². The second-order valence-corrected chi connectivity index (χ2v) is 8.11. The number of hydrogen-bond donors (Lipinski definition) is 1. The summed E-state index contributed by atoms with van der Waals surface area (Å²) in [5, 5.41) is 5.05. The number of imide groups is 1. The van der Waals surface area contributed by atoms with Gasteiger partial charge in [0.25, 0.3) is 11.8 Å². The molecule has 7 nitrogen and oxygen atoms in total. The van der Waals surface area contributed by atoms with Crippen molar-refractivity contribution in [1.29, 1.82) is 0 Å². The highest BCUT2D eigenvalue weighted by molar-refractivity contribution is 7.11. The summed E-state index contributed by atoms with van der Waals surface area (Å²) in [6.07, 6.45) is 0. The second kappa shape index (κ2) is 9.79. The maximum Gasteiger partial charge on any atom is 0.278 e. The molecule has 1 aliphatic rings. The minimum Gasteiger partial charge on any atom is -0.493 e. The number of nitrogens with one attached hydrogen (secondary N) is 1. The molecule has 33 heavy (non-hydrogen) atoms. The van der Waals surface area contributed by atoms with Gasteiger partial charge in [0.2, 0.25) is 0 Å². The van der Waals surface area contributed by atoms with E-state index in [1.165, 1.54) is 16.2 Å². The Kier molecular flexibility index (Phi) is 6.65. The number of rotatable bonds is 9. The lowest BCUT2D eigenvalue weighted by atomic mass is 10.1. The lowest BCUT2D eigenvalue weighted by molar-refractivity contribution is -0.137. The predicted octanol–water partition coefficient (Wildman–Crippen LogP) is 4.56. The van der Waals surface area contributed by atoms with Crippen LogP contribution in [0.3, 0.4) is 0 Å². The number of carbonyl (C=O) groups is 2. The Balaban J connectivity index is 1.69. The quantitative estimate of drug-likeness (QED) is 0.468. The van der Waals surface area contributed by atoms with Gasteiger partial charge in [-0.3, -0.25) is 14.5 Å². The summed E-state index contributed by atoms with van der Waals surface area (Å²) in [6, 6.07) is 16.4. The fourth-order valence-electron chi connectivity index (χ4n) is 3.63. The van der Waals surface area contributed by atoms with E-state index in [9.17, 15) is 9.59 Å². The Hall–Kier alpha value is -3.78.